The van der Waals surface area contributed by atoms with E-state index < -0.39 is 5.97 Å². The number of rotatable bonds is 5. The summed E-state index contributed by atoms with van der Waals surface area (Å²) >= 11 is 9.23. The van der Waals surface area contributed by atoms with Gasteiger partial charge in [0.25, 0.3) is 5.91 Å². The lowest BCUT2D eigenvalue weighted by molar-refractivity contribution is 0.0697. The number of carbonyl (C=O) groups is 2. The first-order valence-electron chi connectivity index (χ1n) is 6.69. The van der Waals surface area contributed by atoms with Crippen LogP contribution in [0.25, 0.3) is 0 Å². The average Bonchev–Trinajstić information content (AvgIpc) is 2.49. The van der Waals surface area contributed by atoms with Crippen molar-refractivity contribution < 1.29 is 19.4 Å². The Hall–Kier alpha value is -2.05. The van der Waals surface area contributed by atoms with E-state index in [2.05, 4.69) is 21.2 Å². The third-order valence-electron chi connectivity index (χ3n) is 2.95. The number of hydrogen-bond acceptors (Lipinski definition) is 3. The summed E-state index contributed by atoms with van der Waals surface area (Å²) in [6, 6.07) is 9.20. The van der Waals surface area contributed by atoms with Gasteiger partial charge in [-0.05, 0) is 59.3 Å². The Morgan fingerprint density at radius 1 is 1.26 bits per heavy atom. The molecule has 120 valence electrons. The Morgan fingerprint density at radius 2 is 2.00 bits per heavy atom. The molecule has 7 heteroatoms. The molecule has 2 aromatic carbocycles. The SMILES string of the molecule is CCOc1ccc(C(=O)Nc2ccc(C(=O)O)c(Cl)c2)cc1Br. The molecule has 23 heavy (non-hydrogen) atoms. The molecule has 0 aliphatic carbocycles. The highest BCUT2D eigenvalue weighted by Crippen LogP contribution is 2.27. The number of anilines is 1. The van der Waals surface area contributed by atoms with Crippen LogP contribution in [-0.4, -0.2) is 23.6 Å². The standard InChI is InChI=1S/C16H13BrClNO4/c1-2-23-14-6-3-9(7-12(14)17)15(20)19-10-4-5-11(16(21)22)13(18)8-10/h3-8H,2H2,1H3,(H,19,20)(H,21,22). The number of carboxylic acid groups (broad SMARTS) is 1. The van der Waals surface area contributed by atoms with Gasteiger partial charge < -0.3 is 15.2 Å². The molecule has 0 radical (unpaired) electrons. The molecule has 0 atom stereocenters. The van der Waals surface area contributed by atoms with Gasteiger partial charge in [0, 0.05) is 11.3 Å². The summed E-state index contributed by atoms with van der Waals surface area (Å²) in [6.45, 7) is 2.40. The van der Waals surface area contributed by atoms with Crippen molar-refractivity contribution in [3.05, 3.63) is 57.0 Å². The number of carbonyl (C=O) groups excluding carboxylic acids is 1. The van der Waals surface area contributed by atoms with Gasteiger partial charge in [-0.15, -0.1) is 0 Å². The van der Waals surface area contributed by atoms with Gasteiger partial charge in [-0.1, -0.05) is 11.6 Å². The molecule has 1 amide bonds. The largest absolute Gasteiger partial charge is 0.493 e. The van der Waals surface area contributed by atoms with Crippen LogP contribution < -0.4 is 10.1 Å². The van der Waals surface area contributed by atoms with Crippen LogP contribution in [0.3, 0.4) is 0 Å². The van der Waals surface area contributed by atoms with Crippen molar-refractivity contribution in [1.82, 2.24) is 0 Å². The Kier molecular flexibility index (Phi) is 5.63. The third kappa shape index (κ3) is 4.24. The van der Waals surface area contributed by atoms with Crippen LogP contribution in [0.4, 0.5) is 5.69 Å². The van der Waals surface area contributed by atoms with Crippen LogP contribution in [0.1, 0.15) is 27.6 Å². The van der Waals surface area contributed by atoms with Crippen LogP contribution in [0.2, 0.25) is 5.02 Å². The maximum atomic E-state index is 12.2. The van der Waals surface area contributed by atoms with Gasteiger partial charge in [0.05, 0.1) is 21.7 Å². The maximum Gasteiger partial charge on any atom is 0.337 e. The second-order valence-electron chi connectivity index (χ2n) is 4.53. The Morgan fingerprint density at radius 3 is 2.57 bits per heavy atom. The fraction of sp³-hybridized carbons (Fsp3) is 0.125. The normalized spacial score (nSPS) is 10.2. The molecule has 0 aliphatic heterocycles. The van der Waals surface area contributed by atoms with Crippen molar-refractivity contribution in [1.29, 1.82) is 0 Å². The molecular formula is C16H13BrClNO4. The quantitative estimate of drug-likeness (QED) is 0.780. The van der Waals surface area contributed by atoms with Gasteiger partial charge in [-0.25, -0.2) is 4.79 Å². The van der Waals surface area contributed by atoms with Gasteiger partial charge in [-0.3, -0.25) is 4.79 Å². The van der Waals surface area contributed by atoms with Crippen molar-refractivity contribution in [2.75, 3.05) is 11.9 Å². The maximum absolute atomic E-state index is 12.2. The number of benzene rings is 2. The van der Waals surface area contributed by atoms with E-state index in [9.17, 15) is 9.59 Å². The molecule has 0 aliphatic rings. The molecular weight excluding hydrogens is 386 g/mol. The van der Waals surface area contributed by atoms with E-state index in [-0.39, 0.29) is 16.5 Å². The highest BCUT2D eigenvalue weighted by molar-refractivity contribution is 9.10. The number of halogens is 2. The lowest BCUT2D eigenvalue weighted by Gasteiger charge is -2.09. The number of hydrogen-bond donors (Lipinski definition) is 2. The molecule has 0 unspecified atom stereocenters. The summed E-state index contributed by atoms with van der Waals surface area (Å²) in [5, 5.41) is 11.7. The second kappa shape index (κ2) is 7.48. The summed E-state index contributed by atoms with van der Waals surface area (Å²) in [4.78, 5) is 23.1. The Balaban J connectivity index is 2.17. The van der Waals surface area contributed by atoms with E-state index in [0.29, 0.717) is 28.1 Å². The van der Waals surface area contributed by atoms with Gasteiger partial charge in [0.2, 0.25) is 0 Å². The average molecular weight is 399 g/mol. The van der Waals surface area contributed by atoms with Crippen molar-refractivity contribution in [2.45, 2.75) is 6.92 Å². The predicted octanol–water partition coefficient (Wildman–Crippen LogP) is 4.45. The van der Waals surface area contributed by atoms with Gasteiger partial charge in [-0.2, -0.15) is 0 Å². The third-order valence-corrected chi connectivity index (χ3v) is 3.88. The molecule has 5 nitrogen and oxygen atoms in total. The first-order valence-corrected chi connectivity index (χ1v) is 7.86. The van der Waals surface area contributed by atoms with Crippen LogP contribution in [-0.2, 0) is 0 Å². The van der Waals surface area contributed by atoms with E-state index >= 15 is 0 Å². The summed E-state index contributed by atoms with van der Waals surface area (Å²) in [5.41, 5.74) is 0.822. The summed E-state index contributed by atoms with van der Waals surface area (Å²) < 4.78 is 6.06. The lowest BCUT2D eigenvalue weighted by Crippen LogP contribution is -2.12. The first kappa shape index (κ1) is 17.3. The van der Waals surface area contributed by atoms with Crippen molar-refractivity contribution in [2.24, 2.45) is 0 Å². The van der Waals surface area contributed by atoms with Crippen molar-refractivity contribution in [3.63, 3.8) is 0 Å². The van der Waals surface area contributed by atoms with Gasteiger partial charge in [0.1, 0.15) is 5.75 Å². The molecule has 0 saturated carbocycles. The van der Waals surface area contributed by atoms with E-state index in [1.54, 1.807) is 18.2 Å². The van der Waals surface area contributed by atoms with Gasteiger partial charge in [0.15, 0.2) is 0 Å². The van der Waals surface area contributed by atoms with Crippen LogP contribution in [0.5, 0.6) is 5.75 Å². The number of aromatic carboxylic acids is 1. The number of nitrogens with one attached hydrogen (secondary N) is 1. The zero-order valence-electron chi connectivity index (χ0n) is 12.1. The van der Waals surface area contributed by atoms with Crippen LogP contribution >= 0.6 is 27.5 Å². The second-order valence-corrected chi connectivity index (χ2v) is 5.79. The molecule has 2 N–H and O–H groups in total. The smallest absolute Gasteiger partial charge is 0.337 e. The predicted molar refractivity (Wildman–Crippen MR) is 91.7 cm³/mol. The highest BCUT2D eigenvalue weighted by Gasteiger charge is 2.12. The zero-order chi connectivity index (χ0) is 17.0. The van der Waals surface area contributed by atoms with E-state index in [1.807, 2.05) is 6.92 Å². The van der Waals surface area contributed by atoms with Crippen molar-refractivity contribution in [3.8, 4) is 5.75 Å². The van der Waals surface area contributed by atoms with Crippen molar-refractivity contribution >= 4 is 45.1 Å². The van der Waals surface area contributed by atoms with Crippen LogP contribution in [0.15, 0.2) is 40.9 Å². The van der Waals surface area contributed by atoms with Gasteiger partial charge >= 0.3 is 5.97 Å². The molecule has 0 saturated heterocycles. The van der Waals surface area contributed by atoms with E-state index in [0.717, 1.165) is 0 Å². The number of carboxylic acids is 1. The molecule has 0 aromatic heterocycles. The molecule has 0 fully saturated rings. The highest BCUT2D eigenvalue weighted by atomic mass is 79.9. The minimum Gasteiger partial charge on any atom is -0.493 e. The fourth-order valence-corrected chi connectivity index (χ4v) is 2.64. The number of amides is 1. The number of ether oxygens (including phenoxy) is 1. The summed E-state index contributed by atoms with van der Waals surface area (Å²) in [7, 11) is 0. The van der Waals surface area contributed by atoms with E-state index in [4.69, 9.17) is 21.4 Å². The summed E-state index contributed by atoms with van der Waals surface area (Å²) in [5.74, 6) is -0.811. The molecule has 2 rings (SSSR count). The summed E-state index contributed by atoms with van der Waals surface area (Å²) in [6.07, 6.45) is 0. The van der Waals surface area contributed by atoms with Crippen LogP contribution in [0, 0.1) is 0 Å². The molecule has 2 aromatic rings. The monoisotopic (exact) mass is 397 g/mol. The Labute approximate surface area is 146 Å². The zero-order valence-corrected chi connectivity index (χ0v) is 14.4. The lowest BCUT2D eigenvalue weighted by atomic mass is 10.1. The fourth-order valence-electron chi connectivity index (χ4n) is 1.88. The Bertz CT molecular complexity index is 764. The minimum absolute atomic E-state index is 0.0199. The first-order chi connectivity index (χ1) is 10.9. The topological polar surface area (TPSA) is 75.6 Å². The minimum atomic E-state index is -1.12. The molecule has 0 heterocycles. The molecule has 0 spiro atoms. The van der Waals surface area contributed by atoms with E-state index in [1.165, 1.54) is 18.2 Å². The molecule has 0 bridgehead atoms.